The fourth-order valence-corrected chi connectivity index (χ4v) is 3.99. The summed E-state index contributed by atoms with van der Waals surface area (Å²) in [4.78, 5) is 32.5. The summed E-state index contributed by atoms with van der Waals surface area (Å²) in [5.41, 5.74) is 2.14. The molecule has 30 heavy (non-hydrogen) atoms. The lowest BCUT2D eigenvalue weighted by Crippen LogP contribution is -3.14. The van der Waals surface area contributed by atoms with Crippen molar-refractivity contribution in [2.75, 3.05) is 49.2 Å². The summed E-state index contributed by atoms with van der Waals surface area (Å²) in [6, 6.07) is 10.5. The van der Waals surface area contributed by atoms with Crippen LogP contribution in [0.4, 0.5) is 17.3 Å². The first-order valence-electron chi connectivity index (χ1n) is 9.79. The number of para-hydroxylation sites is 2. The summed E-state index contributed by atoms with van der Waals surface area (Å²) >= 11 is 0. The largest absolute Gasteiger partial charge is 0.433 e. The van der Waals surface area contributed by atoms with E-state index in [-0.39, 0.29) is 11.6 Å². The van der Waals surface area contributed by atoms with Crippen LogP contribution in [-0.4, -0.2) is 56.2 Å². The molecule has 1 amide bonds. The number of guanidine groups is 1. The van der Waals surface area contributed by atoms with Crippen molar-refractivity contribution in [2.45, 2.75) is 0 Å². The van der Waals surface area contributed by atoms with Crippen molar-refractivity contribution < 1.29 is 23.8 Å². The van der Waals surface area contributed by atoms with Gasteiger partial charge >= 0.3 is 5.88 Å². The van der Waals surface area contributed by atoms with Crippen LogP contribution < -0.4 is 14.7 Å². The molecule has 10 nitrogen and oxygen atoms in total. The zero-order chi connectivity index (χ0) is 20.7. The fraction of sp³-hybridized carbons (Fsp3) is 0.300. The van der Waals surface area contributed by atoms with Gasteiger partial charge in [0, 0.05) is 6.08 Å². The minimum absolute atomic E-state index is 0.232. The lowest BCUT2D eigenvalue weighted by atomic mass is 10.2. The number of morpholine rings is 1. The predicted molar refractivity (Wildman–Crippen MR) is 108 cm³/mol. The third-order valence-corrected chi connectivity index (χ3v) is 5.48. The second-order valence-electron chi connectivity index (χ2n) is 7.27. The van der Waals surface area contributed by atoms with Gasteiger partial charge in [-0.15, -0.1) is 0 Å². The van der Waals surface area contributed by atoms with Gasteiger partial charge in [0.05, 0.1) is 43.7 Å². The Hall–Kier alpha value is -3.50. The van der Waals surface area contributed by atoms with E-state index in [4.69, 9.17) is 9.15 Å². The molecule has 0 bridgehead atoms. The van der Waals surface area contributed by atoms with Crippen LogP contribution in [-0.2, 0) is 9.53 Å². The molecule has 0 radical (unpaired) electrons. The number of rotatable bonds is 5. The fourth-order valence-electron chi connectivity index (χ4n) is 3.99. The number of anilines is 2. The van der Waals surface area contributed by atoms with Gasteiger partial charge in [-0.25, -0.2) is 0 Å². The molecule has 1 fully saturated rings. The molecule has 0 atom stereocenters. The van der Waals surface area contributed by atoms with E-state index in [0.717, 1.165) is 44.2 Å². The van der Waals surface area contributed by atoms with E-state index < -0.39 is 10.8 Å². The number of nitrogens with one attached hydrogen (secondary N) is 1. The topological polar surface area (TPSA) is 106 Å². The molecule has 1 aromatic heterocycles. The Labute approximate surface area is 171 Å². The molecule has 0 aliphatic carbocycles. The quantitative estimate of drug-likeness (QED) is 0.439. The number of ether oxygens (including phenoxy) is 1. The maximum atomic E-state index is 12.7. The molecule has 1 saturated heterocycles. The van der Waals surface area contributed by atoms with E-state index in [1.54, 1.807) is 4.90 Å². The number of hydrogen-bond acceptors (Lipinski definition) is 7. The zero-order valence-electron chi connectivity index (χ0n) is 16.1. The van der Waals surface area contributed by atoms with Crippen LogP contribution >= 0.6 is 0 Å². The average molecular weight is 410 g/mol. The number of amides is 1. The number of carbonyl (C=O) groups excluding carboxylic acids is 1. The molecule has 5 rings (SSSR count). The van der Waals surface area contributed by atoms with Gasteiger partial charge in [-0.3, -0.25) is 19.8 Å². The van der Waals surface area contributed by atoms with Gasteiger partial charge in [0.15, 0.2) is 0 Å². The number of carbonyl (C=O) groups is 1. The van der Waals surface area contributed by atoms with E-state index in [2.05, 4.69) is 9.89 Å². The van der Waals surface area contributed by atoms with Crippen LogP contribution in [0.15, 0.2) is 51.5 Å². The highest BCUT2D eigenvalue weighted by atomic mass is 16.6. The maximum Gasteiger partial charge on any atom is 0.433 e. The summed E-state index contributed by atoms with van der Waals surface area (Å²) in [6.07, 6.45) is 1.50. The molecular formula is C20H20N5O5+. The number of nitro groups is 1. The number of furan rings is 1. The molecule has 1 aromatic carbocycles. The smallest absolute Gasteiger partial charge is 0.401 e. The van der Waals surface area contributed by atoms with Crippen LogP contribution in [0, 0.1) is 10.1 Å². The van der Waals surface area contributed by atoms with Crippen molar-refractivity contribution in [1.82, 2.24) is 0 Å². The Kier molecular flexibility index (Phi) is 4.57. The van der Waals surface area contributed by atoms with Crippen molar-refractivity contribution in [1.29, 1.82) is 0 Å². The maximum absolute atomic E-state index is 12.7. The van der Waals surface area contributed by atoms with Crippen LogP contribution in [0.2, 0.25) is 0 Å². The molecule has 3 aliphatic rings. The summed E-state index contributed by atoms with van der Waals surface area (Å²) < 4.78 is 10.6. The average Bonchev–Trinajstić information content (AvgIpc) is 3.42. The Balaban J connectivity index is 1.45. The molecule has 154 valence electrons. The van der Waals surface area contributed by atoms with Crippen molar-refractivity contribution in [3.63, 3.8) is 0 Å². The first-order valence-corrected chi connectivity index (χ1v) is 9.79. The molecule has 10 heteroatoms. The number of hydrogen-bond donors (Lipinski definition) is 1. The Bertz CT molecular complexity index is 1070. The van der Waals surface area contributed by atoms with Gasteiger partial charge in [0.1, 0.15) is 29.5 Å². The molecule has 4 heterocycles. The molecule has 3 aliphatic heterocycles. The van der Waals surface area contributed by atoms with Crippen LogP contribution in [0.1, 0.15) is 5.76 Å². The van der Waals surface area contributed by atoms with E-state index in [0.29, 0.717) is 18.2 Å². The summed E-state index contributed by atoms with van der Waals surface area (Å²) in [7, 11) is 0. The van der Waals surface area contributed by atoms with Crippen molar-refractivity contribution in [2.24, 2.45) is 4.99 Å². The van der Waals surface area contributed by atoms with E-state index in [1.807, 2.05) is 24.3 Å². The highest BCUT2D eigenvalue weighted by Gasteiger charge is 2.42. The summed E-state index contributed by atoms with van der Waals surface area (Å²) in [5, 5.41) is 10.9. The summed E-state index contributed by atoms with van der Waals surface area (Å²) in [5.74, 6) is 0.0176. The minimum atomic E-state index is -0.610. The zero-order valence-corrected chi connectivity index (χ0v) is 16.1. The van der Waals surface area contributed by atoms with Crippen molar-refractivity contribution >= 4 is 35.2 Å². The first kappa shape index (κ1) is 18.5. The normalized spacial score (nSPS) is 19.9. The number of quaternary nitrogens is 1. The molecule has 0 saturated carbocycles. The Morgan fingerprint density at radius 2 is 1.93 bits per heavy atom. The van der Waals surface area contributed by atoms with E-state index in [1.165, 1.54) is 23.1 Å². The minimum Gasteiger partial charge on any atom is -0.401 e. The van der Waals surface area contributed by atoms with E-state index >= 15 is 0 Å². The van der Waals surface area contributed by atoms with Gasteiger partial charge in [-0.1, -0.05) is 12.1 Å². The Morgan fingerprint density at radius 3 is 2.67 bits per heavy atom. The highest BCUT2D eigenvalue weighted by molar-refractivity contribution is 6.31. The molecular weight excluding hydrogens is 390 g/mol. The van der Waals surface area contributed by atoms with Gasteiger partial charge in [-0.2, -0.15) is 4.99 Å². The van der Waals surface area contributed by atoms with E-state index in [9.17, 15) is 14.9 Å². The first-order chi connectivity index (χ1) is 14.6. The van der Waals surface area contributed by atoms with Crippen LogP contribution in [0.5, 0.6) is 0 Å². The lowest BCUT2D eigenvalue weighted by Gasteiger charge is -2.26. The monoisotopic (exact) mass is 410 g/mol. The third-order valence-electron chi connectivity index (χ3n) is 5.48. The Morgan fingerprint density at radius 1 is 1.17 bits per heavy atom. The third kappa shape index (κ3) is 3.15. The predicted octanol–water partition coefficient (Wildman–Crippen LogP) is 0.667. The SMILES string of the molecule is O=C1N=C2N(CC[NH+]3CCOCC3)c3ccccc3N2/C1=C/c1ccc([N+](=O)[O-])o1. The van der Waals surface area contributed by atoms with Crippen LogP contribution in [0.25, 0.3) is 6.08 Å². The lowest BCUT2D eigenvalue weighted by molar-refractivity contribution is -0.906. The van der Waals surface area contributed by atoms with Gasteiger partial charge in [-0.05, 0) is 18.2 Å². The highest BCUT2D eigenvalue weighted by Crippen LogP contribution is 2.42. The van der Waals surface area contributed by atoms with Gasteiger partial charge in [0.25, 0.3) is 5.91 Å². The molecule has 2 aromatic rings. The molecule has 0 unspecified atom stereocenters. The van der Waals surface area contributed by atoms with Crippen molar-refractivity contribution in [3.05, 3.63) is 58.0 Å². The molecule has 0 spiro atoms. The summed E-state index contributed by atoms with van der Waals surface area (Å²) in [6.45, 7) is 5.08. The number of aliphatic imine (C=N–C) groups is 1. The second-order valence-corrected chi connectivity index (χ2v) is 7.27. The standard InChI is InChI=1S/C20H19N5O5/c26-19-17(13-14-5-6-18(30-14)25(27)28)24-16-4-2-1-3-15(16)23(20(24)21-19)8-7-22-9-11-29-12-10-22/h1-6,13H,7-12H2/p+1/b17-13+. The molecule has 1 N–H and O–H groups in total. The van der Waals surface area contributed by atoms with Crippen LogP contribution in [0.3, 0.4) is 0 Å². The van der Waals surface area contributed by atoms with Gasteiger partial charge in [0.2, 0.25) is 5.96 Å². The number of nitrogens with zero attached hydrogens (tertiary/aromatic N) is 4. The number of benzene rings is 1. The van der Waals surface area contributed by atoms with Crippen molar-refractivity contribution in [3.8, 4) is 0 Å². The van der Waals surface area contributed by atoms with Gasteiger partial charge < -0.3 is 19.0 Å². The number of fused-ring (bicyclic) bond motifs is 3. The second kappa shape index (κ2) is 7.39.